The van der Waals surface area contributed by atoms with Crippen LogP contribution in [0.1, 0.15) is 0 Å². The Hall–Kier alpha value is 0.710. The van der Waals surface area contributed by atoms with Crippen molar-refractivity contribution in [3.8, 4) is 0 Å². The third-order valence-corrected chi connectivity index (χ3v) is 5.36. The molecule has 0 N–H and O–H groups in total. The van der Waals surface area contributed by atoms with E-state index >= 15 is 0 Å². The molecule has 0 aromatic rings. The molecule has 2 heterocycles. The first kappa shape index (κ1) is 10.2. The Morgan fingerprint density at radius 1 is 1.46 bits per heavy atom. The molecule has 0 aliphatic carbocycles. The van der Waals surface area contributed by atoms with Crippen molar-refractivity contribution in [3.05, 3.63) is 0 Å². The molecular weight excluding hydrogens is 222 g/mol. The van der Waals surface area contributed by atoms with Crippen LogP contribution < -0.4 is 0 Å². The maximum Gasteiger partial charge on any atom is 0.104 e. The van der Waals surface area contributed by atoms with Crippen LogP contribution in [0.3, 0.4) is 0 Å². The fourth-order valence-corrected chi connectivity index (χ4v) is 4.48. The molecule has 0 amide bonds. The predicted octanol–water partition coefficient (Wildman–Crippen LogP) is 1.45. The number of hydrogen-bond acceptors (Lipinski definition) is 5. The average molecular weight is 235 g/mol. The highest BCUT2D eigenvalue weighted by Gasteiger charge is 2.23. The van der Waals surface area contributed by atoms with Crippen LogP contribution in [-0.2, 0) is 4.74 Å². The SMILES string of the molecule is S=C1SCC(CN2CCOCC2)S1. The zero-order valence-electron chi connectivity index (χ0n) is 7.40. The van der Waals surface area contributed by atoms with Crippen molar-refractivity contribution in [2.75, 3.05) is 38.6 Å². The Bertz CT molecular complexity index is 194. The van der Waals surface area contributed by atoms with E-state index in [-0.39, 0.29) is 0 Å². The van der Waals surface area contributed by atoms with E-state index in [2.05, 4.69) is 4.90 Å². The first-order valence-electron chi connectivity index (χ1n) is 4.48. The first-order chi connectivity index (χ1) is 6.34. The lowest BCUT2D eigenvalue weighted by Crippen LogP contribution is -2.40. The molecule has 5 heteroatoms. The summed E-state index contributed by atoms with van der Waals surface area (Å²) in [6, 6.07) is 0. The molecule has 1 atom stereocenters. The second kappa shape index (κ2) is 4.98. The molecule has 2 rings (SSSR count). The quantitative estimate of drug-likeness (QED) is 0.670. The molecule has 13 heavy (non-hydrogen) atoms. The predicted molar refractivity (Wildman–Crippen MR) is 63.7 cm³/mol. The fraction of sp³-hybridized carbons (Fsp3) is 0.875. The first-order valence-corrected chi connectivity index (χ1v) is 6.75. The molecule has 0 bridgehead atoms. The van der Waals surface area contributed by atoms with Gasteiger partial charge in [0.05, 0.1) is 13.2 Å². The van der Waals surface area contributed by atoms with Gasteiger partial charge in [-0.25, -0.2) is 0 Å². The summed E-state index contributed by atoms with van der Waals surface area (Å²) in [5.41, 5.74) is 0. The van der Waals surface area contributed by atoms with E-state index < -0.39 is 0 Å². The van der Waals surface area contributed by atoms with Crippen LogP contribution in [0.15, 0.2) is 0 Å². The summed E-state index contributed by atoms with van der Waals surface area (Å²) >= 11 is 8.85. The van der Waals surface area contributed by atoms with Crippen LogP contribution in [0.2, 0.25) is 0 Å². The summed E-state index contributed by atoms with van der Waals surface area (Å²) in [7, 11) is 0. The number of thioether (sulfide) groups is 2. The van der Waals surface area contributed by atoms with E-state index in [9.17, 15) is 0 Å². The average Bonchev–Trinajstić information content (AvgIpc) is 2.53. The zero-order valence-corrected chi connectivity index (χ0v) is 9.85. The van der Waals surface area contributed by atoms with Crippen LogP contribution in [-0.4, -0.2) is 52.3 Å². The van der Waals surface area contributed by atoms with Crippen molar-refractivity contribution < 1.29 is 4.74 Å². The molecule has 2 aliphatic heterocycles. The van der Waals surface area contributed by atoms with Crippen molar-refractivity contribution in [1.82, 2.24) is 4.90 Å². The molecular formula is C8H13NOS3. The maximum absolute atomic E-state index is 5.31. The molecule has 0 aromatic heterocycles. The standard InChI is InChI=1S/C8H13NOS3/c11-8-12-6-7(13-8)5-9-1-3-10-4-2-9/h7H,1-6H2. The number of rotatable bonds is 2. The van der Waals surface area contributed by atoms with Crippen LogP contribution in [0, 0.1) is 0 Å². The summed E-state index contributed by atoms with van der Waals surface area (Å²) in [6.45, 7) is 5.16. The monoisotopic (exact) mass is 235 g/mol. The highest BCUT2D eigenvalue weighted by atomic mass is 32.2. The third kappa shape index (κ3) is 3.09. The van der Waals surface area contributed by atoms with Gasteiger partial charge >= 0.3 is 0 Å². The number of thiocarbonyl (C=S) groups is 1. The number of hydrogen-bond donors (Lipinski definition) is 0. The van der Waals surface area contributed by atoms with Crippen LogP contribution >= 0.6 is 35.7 Å². The maximum atomic E-state index is 5.31. The van der Waals surface area contributed by atoms with Crippen molar-refractivity contribution in [2.24, 2.45) is 0 Å². The molecule has 2 fully saturated rings. The Labute approximate surface area is 92.8 Å². The lowest BCUT2D eigenvalue weighted by atomic mass is 10.3. The summed E-state index contributed by atoms with van der Waals surface area (Å²) in [5.74, 6) is 1.20. The minimum absolute atomic E-state index is 0.718. The van der Waals surface area contributed by atoms with Gasteiger partial charge in [-0.05, 0) is 0 Å². The Kier molecular flexibility index (Phi) is 3.92. The number of ether oxygens (including phenoxy) is 1. The lowest BCUT2D eigenvalue weighted by Gasteiger charge is -2.28. The summed E-state index contributed by atoms with van der Waals surface area (Å²) < 4.78 is 6.43. The van der Waals surface area contributed by atoms with E-state index in [4.69, 9.17) is 17.0 Å². The van der Waals surface area contributed by atoms with Crippen molar-refractivity contribution in [3.63, 3.8) is 0 Å². The third-order valence-electron chi connectivity index (χ3n) is 2.22. The van der Waals surface area contributed by atoms with Gasteiger partial charge in [0.2, 0.25) is 0 Å². The van der Waals surface area contributed by atoms with Gasteiger partial charge in [-0.15, -0.1) is 23.5 Å². The van der Waals surface area contributed by atoms with Gasteiger partial charge in [-0.1, -0.05) is 12.2 Å². The van der Waals surface area contributed by atoms with Gasteiger partial charge in [0.1, 0.15) is 3.53 Å². The molecule has 74 valence electrons. The second-order valence-electron chi connectivity index (χ2n) is 3.21. The van der Waals surface area contributed by atoms with E-state index in [1.807, 2.05) is 23.5 Å². The number of morpholine rings is 1. The highest BCUT2D eigenvalue weighted by molar-refractivity contribution is 8.49. The van der Waals surface area contributed by atoms with Crippen molar-refractivity contribution in [2.45, 2.75) is 5.25 Å². The smallest absolute Gasteiger partial charge is 0.104 e. The topological polar surface area (TPSA) is 12.5 Å². The van der Waals surface area contributed by atoms with Crippen LogP contribution in [0.25, 0.3) is 0 Å². The molecule has 2 aliphatic rings. The molecule has 0 radical (unpaired) electrons. The summed E-state index contributed by atoms with van der Waals surface area (Å²) in [5, 5.41) is 0.718. The van der Waals surface area contributed by atoms with Crippen LogP contribution in [0.4, 0.5) is 0 Å². The van der Waals surface area contributed by atoms with E-state index in [0.717, 1.165) is 35.1 Å². The van der Waals surface area contributed by atoms with E-state index in [1.165, 1.54) is 12.3 Å². The van der Waals surface area contributed by atoms with E-state index in [1.54, 1.807) is 0 Å². The van der Waals surface area contributed by atoms with Gasteiger partial charge in [-0.2, -0.15) is 0 Å². The van der Waals surface area contributed by atoms with Gasteiger partial charge in [0.15, 0.2) is 0 Å². The molecule has 2 nitrogen and oxygen atoms in total. The van der Waals surface area contributed by atoms with E-state index in [0.29, 0.717) is 0 Å². The zero-order chi connectivity index (χ0) is 9.10. The molecule has 1 unspecified atom stereocenters. The molecule has 0 saturated carbocycles. The summed E-state index contributed by atoms with van der Waals surface area (Å²) in [6.07, 6.45) is 0. The Morgan fingerprint density at radius 3 is 2.85 bits per heavy atom. The minimum atomic E-state index is 0.718. The van der Waals surface area contributed by atoms with Gasteiger partial charge in [0.25, 0.3) is 0 Å². The lowest BCUT2D eigenvalue weighted by molar-refractivity contribution is 0.0388. The second-order valence-corrected chi connectivity index (χ2v) is 6.74. The molecule has 0 aromatic carbocycles. The summed E-state index contributed by atoms with van der Waals surface area (Å²) in [4.78, 5) is 2.48. The van der Waals surface area contributed by atoms with Crippen molar-refractivity contribution in [1.29, 1.82) is 0 Å². The fourth-order valence-electron chi connectivity index (χ4n) is 1.53. The normalized spacial score (nSPS) is 31.1. The Balaban J connectivity index is 1.73. The largest absolute Gasteiger partial charge is 0.379 e. The van der Waals surface area contributed by atoms with Crippen LogP contribution in [0.5, 0.6) is 0 Å². The van der Waals surface area contributed by atoms with Crippen molar-refractivity contribution >= 4 is 39.3 Å². The molecule has 0 spiro atoms. The molecule has 2 saturated heterocycles. The highest BCUT2D eigenvalue weighted by Crippen LogP contribution is 2.33. The van der Waals surface area contributed by atoms with Gasteiger partial charge in [-0.3, -0.25) is 4.90 Å². The number of nitrogens with zero attached hydrogens (tertiary/aromatic N) is 1. The van der Waals surface area contributed by atoms with Gasteiger partial charge in [0, 0.05) is 30.6 Å². The van der Waals surface area contributed by atoms with Gasteiger partial charge < -0.3 is 4.74 Å². The minimum Gasteiger partial charge on any atom is -0.379 e. The Morgan fingerprint density at radius 2 is 2.23 bits per heavy atom.